The van der Waals surface area contributed by atoms with E-state index in [0.717, 1.165) is 17.7 Å². The Balaban J connectivity index is 0.00000342. The second-order valence-electron chi connectivity index (χ2n) is 8.08. The summed E-state index contributed by atoms with van der Waals surface area (Å²) in [5, 5.41) is 3.01. The van der Waals surface area contributed by atoms with Crippen LogP contribution in [0.3, 0.4) is 0 Å². The summed E-state index contributed by atoms with van der Waals surface area (Å²) in [5.41, 5.74) is 7.61. The van der Waals surface area contributed by atoms with Gasteiger partial charge in [0.25, 0.3) is 5.91 Å². The van der Waals surface area contributed by atoms with Crippen molar-refractivity contribution in [2.24, 2.45) is 5.73 Å². The standard InChI is InChI=1S/C23H24F3N3O4S.ClH/c24-23(25,26)33-17-4-1-14(2-5-17)12-29-19-11-15(21(30)28-16-7-9-32-10-8-16)3-6-20(19)34-13-18(27)22(29)31;/h1-6,11,16,18H,7-10,12-13,27H2,(H,28,30);1H/t18-;/m0./s1. The highest BCUT2D eigenvalue weighted by molar-refractivity contribution is 7.99. The summed E-state index contributed by atoms with van der Waals surface area (Å²) >= 11 is 1.42. The monoisotopic (exact) mass is 531 g/mol. The summed E-state index contributed by atoms with van der Waals surface area (Å²) in [4.78, 5) is 28.2. The number of nitrogens with one attached hydrogen (secondary N) is 1. The van der Waals surface area contributed by atoms with Crippen molar-refractivity contribution in [1.82, 2.24) is 5.32 Å². The summed E-state index contributed by atoms with van der Waals surface area (Å²) in [6.07, 6.45) is -3.31. The number of halogens is 4. The van der Waals surface area contributed by atoms with E-state index in [1.807, 2.05) is 0 Å². The predicted molar refractivity (Wildman–Crippen MR) is 128 cm³/mol. The van der Waals surface area contributed by atoms with E-state index >= 15 is 0 Å². The highest BCUT2D eigenvalue weighted by Crippen LogP contribution is 2.36. The van der Waals surface area contributed by atoms with E-state index in [2.05, 4.69) is 10.1 Å². The van der Waals surface area contributed by atoms with E-state index in [1.54, 1.807) is 18.2 Å². The van der Waals surface area contributed by atoms with Gasteiger partial charge in [-0.15, -0.1) is 37.3 Å². The number of ether oxygens (including phenoxy) is 2. The first-order valence-electron chi connectivity index (χ1n) is 10.8. The fourth-order valence-electron chi connectivity index (χ4n) is 3.81. The van der Waals surface area contributed by atoms with Gasteiger partial charge >= 0.3 is 6.36 Å². The number of alkyl halides is 3. The molecule has 7 nitrogen and oxygen atoms in total. The number of benzene rings is 2. The highest BCUT2D eigenvalue weighted by atomic mass is 35.5. The first kappa shape index (κ1) is 27.1. The Morgan fingerprint density at radius 1 is 1.17 bits per heavy atom. The highest BCUT2D eigenvalue weighted by Gasteiger charge is 2.32. The van der Waals surface area contributed by atoms with Gasteiger partial charge < -0.3 is 25.4 Å². The van der Waals surface area contributed by atoms with Gasteiger partial charge in [-0.3, -0.25) is 9.59 Å². The molecule has 0 aliphatic carbocycles. The van der Waals surface area contributed by atoms with Crippen LogP contribution in [0.5, 0.6) is 5.75 Å². The van der Waals surface area contributed by atoms with Crippen molar-refractivity contribution in [3.8, 4) is 5.75 Å². The van der Waals surface area contributed by atoms with Gasteiger partial charge in [0.2, 0.25) is 5.91 Å². The molecule has 1 saturated heterocycles. The molecule has 2 heterocycles. The van der Waals surface area contributed by atoms with Crippen molar-refractivity contribution < 1.29 is 32.2 Å². The molecule has 2 amide bonds. The minimum Gasteiger partial charge on any atom is -0.406 e. The van der Waals surface area contributed by atoms with E-state index in [4.69, 9.17) is 10.5 Å². The van der Waals surface area contributed by atoms with Gasteiger partial charge in [0.1, 0.15) is 5.75 Å². The summed E-state index contributed by atoms with van der Waals surface area (Å²) in [6, 6.07) is 9.73. The van der Waals surface area contributed by atoms with Crippen molar-refractivity contribution in [2.45, 2.75) is 42.7 Å². The van der Waals surface area contributed by atoms with Crippen LogP contribution in [0, 0.1) is 0 Å². The Kier molecular flexibility index (Phi) is 8.92. The molecule has 0 spiro atoms. The van der Waals surface area contributed by atoms with Crippen LogP contribution in [0.2, 0.25) is 0 Å². The van der Waals surface area contributed by atoms with Crippen molar-refractivity contribution in [1.29, 1.82) is 0 Å². The fraction of sp³-hybridized carbons (Fsp3) is 0.391. The lowest BCUT2D eigenvalue weighted by Gasteiger charge is -2.26. The quantitative estimate of drug-likeness (QED) is 0.608. The molecule has 2 aliphatic heterocycles. The maximum absolute atomic E-state index is 13.1. The number of hydrogen-bond donors (Lipinski definition) is 2. The van der Waals surface area contributed by atoms with Gasteiger partial charge in [-0.05, 0) is 48.7 Å². The van der Waals surface area contributed by atoms with Crippen LogP contribution in [0.25, 0.3) is 0 Å². The van der Waals surface area contributed by atoms with Crippen LogP contribution < -0.4 is 20.7 Å². The van der Waals surface area contributed by atoms with Crippen molar-refractivity contribution >= 4 is 41.7 Å². The number of thioether (sulfide) groups is 1. The van der Waals surface area contributed by atoms with Gasteiger partial charge in [-0.1, -0.05) is 12.1 Å². The Labute approximate surface area is 210 Å². The third-order valence-electron chi connectivity index (χ3n) is 5.57. The number of amides is 2. The smallest absolute Gasteiger partial charge is 0.406 e. The SMILES string of the molecule is Cl.N[C@H]1CSc2ccc(C(=O)NC3CCOCC3)cc2N(Cc2ccc(OC(F)(F)F)cc2)C1=O. The minimum atomic E-state index is -4.78. The molecular weight excluding hydrogens is 507 g/mol. The van der Waals surface area contributed by atoms with Crippen LogP contribution in [-0.4, -0.2) is 49.2 Å². The molecule has 1 atom stereocenters. The van der Waals surface area contributed by atoms with Gasteiger partial charge in [0, 0.05) is 35.5 Å². The average molecular weight is 532 g/mol. The molecule has 1 fully saturated rings. The molecule has 0 aromatic heterocycles. The lowest BCUT2D eigenvalue weighted by molar-refractivity contribution is -0.274. The number of carbonyl (C=O) groups is 2. The lowest BCUT2D eigenvalue weighted by Crippen LogP contribution is -2.44. The summed E-state index contributed by atoms with van der Waals surface area (Å²) in [7, 11) is 0. The molecule has 2 aromatic rings. The number of hydrogen-bond acceptors (Lipinski definition) is 6. The average Bonchev–Trinajstić information content (AvgIpc) is 2.92. The number of nitrogens with two attached hydrogens (primary N) is 1. The second-order valence-corrected chi connectivity index (χ2v) is 9.14. The van der Waals surface area contributed by atoms with E-state index in [0.29, 0.717) is 35.8 Å². The zero-order valence-corrected chi connectivity index (χ0v) is 20.2. The van der Waals surface area contributed by atoms with Crippen LogP contribution in [0.15, 0.2) is 47.4 Å². The molecule has 35 heavy (non-hydrogen) atoms. The molecule has 3 N–H and O–H groups in total. The van der Waals surface area contributed by atoms with Crippen LogP contribution in [0.4, 0.5) is 18.9 Å². The largest absolute Gasteiger partial charge is 0.573 e. The van der Waals surface area contributed by atoms with Crippen molar-refractivity contribution in [3.63, 3.8) is 0 Å². The van der Waals surface area contributed by atoms with Gasteiger partial charge in [-0.25, -0.2) is 0 Å². The first-order chi connectivity index (χ1) is 16.2. The second kappa shape index (κ2) is 11.5. The van der Waals surface area contributed by atoms with E-state index < -0.39 is 12.4 Å². The topological polar surface area (TPSA) is 93.9 Å². The molecule has 0 saturated carbocycles. The lowest BCUT2D eigenvalue weighted by atomic mass is 10.1. The van der Waals surface area contributed by atoms with Crippen LogP contribution in [-0.2, 0) is 16.1 Å². The van der Waals surface area contributed by atoms with Gasteiger partial charge in [-0.2, -0.15) is 0 Å². The molecule has 2 aliphatic rings. The molecule has 0 unspecified atom stereocenters. The third kappa shape index (κ3) is 7.03. The summed E-state index contributed by atoms with van der Waals surface area (Å²) < 4.78 is 46.6. The molecule has 0 radical (unpaired) electrons. The number of fused-ring (bicyclic) bond motifs is 1. The summed E-state index contributed by atoms with van der Waals surface area (Å²) in [6.45, 7) is 1.27. The number of rotatable bonds is 5. The van der Waals surface area contributed by atoms with Crippen LogP contribution in [0.1, 0.15) is 28.8 Å². The molecule has 2 aromatic carbocycles. The normalized spacial score (nSPS) is 18.8. The maximum Gasteiger partial charge on any atom is 0.573 e. The minimum absolute atomic E-state index is 0. The molecule has 0 bridgehead atoms. The van der Waals surface area contributed by atoms with Crippen molar-refractivity contribution in [2.75, 3.05) is 23.9 Å². The zero-order valence-electron chi connectivity index (χ0n) is 18.5. The van der Waals surface area contributed by atoms with E-state index in [9.17, 15) is 22.8 Å². The van der Waals surface area contributed by atoms with E-state index in [1.165, 1.54) is 40.9 Å². The fourth-order valence-corrected chi connectivity index (χ4v) is 4.80. The Morgan fingerprint density at radius 2 is 1.86 bits per heavy atom. The maximum atomic E-state index is 13.1. The van der Waals surface area contributed by atoms with E-state index in [-0.39, 0.29) is 42.6 Å². The zero-order chi connectivity index (χ0) is 24.3. The molecule has 4 rings (SSSR count). The first-order valence-corrected chi connectivity index (χ1v) is 11.8. The molecular formula is C23H25ClF3N3O4S. The van der Waals surface area contributed by atoms with Crippen LogP contribution >= 0.6 is 24.2 Å². The number of nitrogens with zero attached hydrogens (tertiary/aromatic N) is 1. The predicted octanol–water partition coefficient (Wildman–Crippen LogP) is 3.88. The Morgan fingerprint density at radius 3 is 2.51 bits per heavy atom. The van der Waals surface area contributed by atoms with Crippen molar-refractivity contribution in [3.05, 3.63) is 53.6 Å². The number of anilines is 1. The Hall–Kier alpha value is -2.47. The Bertz CT molecular complexity index is 1050. The number of carbonyl (C=O) groups excluding carboxylic acids is 2. The van der Waals surface area contributed by atoms with Gasteiger partial charge in [0.05, 0.1) is 18.3 Å². The molecule has 12 heteroatoms. The summed E-state index contributed by atoms with van der Waals surface area (Å²) in [5.74, 6) is -0.551. The molecule has 190 valence electrons. The van der Waals surface area contributed by atoms with Gasteiger partial charge in [0.15, 0.2) is 0 Å². The third-order valence-corrected chi connectivity index (χ3v) is 6.75.